The van der Waals surface area contributed by atoms with Crippen molar-refractivity contribution in [3.8, 4) is 0 Å². The van der Waals surface area contributed by atoms with Crippen LogP contribution in [0.25, 0.3) is 10.9 Å². The van der Waals surface area contributed by atoms with Gasteiger partial charge in [0, 0.05) is 43.0 Å². The second-order valence-electron chi connectivity index (χ2n) is 7.30. The van der Waals surface area contributed by atoms with Crippen molar-refractivity contribution in [1.29, 1.82) is 0 Å². The summed E-state index contributed by atoms with van der Waals surface area (Å²) in [5, 5.41) is 3.83. The van der Waals surface area contributed by atoms with Crippen molar-refractivity contribution >= 4 is 16.8 Å². The number of aryl methyl sites for hydroxylation is 1. The van der Waals surface area contributed by atoms with Crippen LogP contribution >= 0.6 is 0 Å². The van der Waals surface area contributed by atoms with Crippen LogP contribution in [0, 0.1) is 0 Å². The number of hydrogen-bond acceptors (Lipinski definition) is 1. The number of alkyl halides is 3. The van der Waals surface area contributed by atoms with Gasteiger partial charge >= 0.3 is 6.18 Å². The summed E-state index contributed by atoms with van der Waals surface area (Å²) < 4.78 is 41.8. The van der Waals surface area contributed by atoms with Gasteiger partial charge in [-0.1, -0.05) is 49.7 Å². The van der Waals surface area contributed by atoms with Crippen LogP contribution in [0.5, 0.6) is 0 Å². The number of para-hydroxylation sites is 1. The van der Waals surface area contributed by atoms with Gasteiger partial charge in [-0.2, -0.15) is 13.2 Å². The van der Waals surface area contributed by atoms with Crippen LogP contribution in [-0.2, 0) is 18.0 Å². The Morgan fingerprint density at radius 2 is 1.90 bits per heavy atom. The quantitative estimate of drug-likeness (QED) is 0.510. The lowest BCUT2D eigenvalue weighted by Gasteiger charge is -2.19. The molecule has 2 aromatic carbocycles. The highest BCUT2D eigenvalue weighted by molar-refractivity contribution is 5.86. The summed E-state index contributed by atoms with van der Waals surface area (Å²) in [4.78, 5) is 12.6. The first-order valence-electron chi connectivity index (χ1n) is 9.79. The zero-order valence-electron chi connectivity index (χ0n) is 16.6. The number of nitrogens with one attached hydrogen (secondary N) is 1. The van der Waals surface area contributed by atoms with E-state index in [2.05, 4.69) is 5.32 Å². The molecule has 1 amide bonds. The van der Waals surface area contributed by atoms with Crippen molar-refractivity contribution < 1.29 is 18.0 Å². The third kappa shape index (κ3) is 4.81. The Kier molecular flexibility index (Phi) is 6.30. The van der Waals surface area contributed by atoms with Crippen LogP contribution in [0.4, 0.5) is 13.2 Å². The molecule has 0 spiro atoms. The molecule has 0 aliphatic carbocycles. The van der Waals surface area contributed by atoms with E-state index in [9.17, 15) is 18.0 Å². The Bertz CT molecular complexity index is 991. The summed E-state index contributed by atoms with van der Waals surface area (Å²) in [5.41, 5.74) is 1.62. The van der Waals surface area contributed by atoms with Crippen LogP contribution in [-0.4, -0.2) is 17.0 Å². The van der Waals surface area contributed by atoms with Crippen LogP contribution in [0.3, 0.4) is 0 Å². The number of unbranched alkanes of at least 4 members (excludes halogenated alkanes) is 1. The molecule has 3 aromatic rings. The zero-order valence-corrected chi connectivity index (χ0v) is 16.6. The molecule has 3 nitrogen and oxygen atoms in total. The van der Waals surface area contributed by atoms with Crippen LogP contribution in [0.1, 0.15) is 48.8 Å². The van der Waals surface area contributed by atoms with Gasteiger partial charge in [-0.25, -0.2) is 0 Å². The van der Waals surface area contributed by atoms with E-state index in [1.165, 1.54) is 6.07 Å². The fourth-order valence-corrected chi connectivity index (χ4v) is 3.65. The van der Waals surface area contributed by atoms with Gasteiger partial charge in [0.1, 0.15) is 0 Å². The Hall–Kier alpha value is -2.76. The van der Waals surface area contributed by atoms with Gasteiger partial charge in [0.05, 0.1) is 5.56 Å². The molecule has 154 valence electrons. The van der Waals surface area contributed by atoms with Crippen molar-refractivity contribution in [3.05, 3.63) is 71.4 Å². The van der Waals surface area contributed by atoms with Gasteiger partial charge in [-0.3, -0.25) is 4.79 Å². The number of aromatic nitrogens is 1. The van der Waals surface area contributed by atoms with E-state index in [1.807, 2.05) is 49.0 Å². The van der Waals surface area contributed by atoms with Crippen LogP contribution in [0.15, 0.2) is 54.7 Å². The Morgan fingerprint density at radius 1 is 1.14 bits per heavy atom. The molecule has 0 fully saturated rings. The first-order chi connectivity index (χ1) is 13.8. The summed E-state index contributed by atoms with van der Waals surface area (Å²) in [6.07, 6.45) is -0.592. The normalized spacial score (nSPS) is 12.9. The summed E-state index contributed by atoms with van der Waals surface area (Å²) in [6, 6.07) is 13.0. The molecule has 0 aliphatic rings. The highest BCUT2D eigenvalue weighted by atomic mass is 19.4. The Labute approximate surface area is 168 Å². The fraction of sp³-hybridized carbons (Fsp3) is 0.348. The van der Waals surface area contributed by atoms with Crippen molar-refractivity contribution in [3.63, 3.8) is 0 Å². The molecule has 1 atom stereocenters. The van der Waals surface area contributed by atoms with Gasteiger partial charge < -0.3 is 9.88 Å². The molecular weight excluding hydrogens is 377 g/mol. The minimum Gasteiger partial charge on any atom is -0.356 e. The number of carbonyl (C=O) groups is 1. The predicted molar refractivity (Wildman–Crippen MR) is 109 cm³/mol. The average Bonchev–Trinajstić information content (AvgIpc) is 3.02. The summed E-state index contributed by atoms with van der Waals surface area (Å²) in [7, 11) is 1.90. The number of hydrogen-bond donors (Lipinski definition) is 1. The Balaban J connectivity index is 2.04. The molecule has 0 saturated heterocycles. The lowest BCUT2D eigenvalue weighted by molar-refractivity contribution is -0.137. The van der Waals surface area contributed by atoms with Crippen molar-refractivity contribution in [2.75, 3.05) is 6.54 Å². The number of benzene rings is 2. The minimum absolute atomic E-state index is 0.0963. The third-order valence-corrected chi connectivity index (χ3v) is 5.16. The van der Waals surface area contributed by atoms with Gasteiger partial charge in [-0.05, 0) is 29.7 Å². The first kappa shape index (κ1) is 21.0. The second kappa shape index (κ2) is 8.72. The van der Waals surface area contributed by atoms with Crippen molar-refractivity contribution in [1.82, 2.24) is 9.88 Å². The molecule has 0 saturated carbocycles. The van der Waals surface area contributed by atoms with Gasteiger partial charge in [0.2, 0.25) is 5.91 Å². The van der Waals surface area contributed by atoms with E-state index in [4.69, 9.17) is 0 Å². The van der Waals surface area contributed by atoms with Crippen molar-refractivity contribution in [2.45, 2.75) is 38.3 Å². The molecule has 1 N–H and O–H groups in total. The summed E-state index contributed by atoms with van der Waals surface area (Å²) in [5.74, 6) is -0.626. The smallest absolute Gasteiger partial charge is 0.356 e. The lowest BCUT2D eigenvalue weighted by Crippen LogP contribution is -2.26. The van der Waals surface area contributed by atoms with E-state index in [0.717, 1.165) is 41.4 Å². The number of fused-ring (bicyclic) bond motifs is 1. The number of rotatable bonds is 7. The van der Waals surface area contributed by atoms with Gasteiger partial charge in [0.15, 0.2) is 0 Å². The van der Waals surface area contributed by atoms with E-state index < -0.39 is 17.7 Å². The third-order valence-electron chi connectivity index (χ3n) is 5.16. The maximum Gasteiger partial charge on any atom is 0.416 e. The molecular formula is C23H25F3N2O. The van der Waals surface area contributed by atoms with E-state index in [0.29, 0.717) is 12.1 Å². The van der Waals surface area contributed by atoms with Crippen molar-refractivity contribution in [2.24, 2.45) is 7.05 Å². The van der Waals surface area contributed by atoms with E-state index >= 15 is 0 Å². The average molecular weight is 402 g/mol. The largest absolute Gasteiger partial charge is 0.416 e. The number of amides is 1. The standard InChI is InChI=1S/C23H25F3N2O/c1-3-4-12-27-22(29)14-19(16-8-7-9-17(13-16)23(24,25)26)20-15-28(2)21-11-6-5-10-18(20)21/h5-11,13,15,19H,3-4,12,14H2,1-2H3,(H,27,29). The topological polar surface area (TPSA) is 34.0 Å². The van der Waals surface area contributed by atoms with Gasteiger partial charge in [-0.15, -0.1) is 0 Å². The van der Waals surface area contributed by atoms with E-state index in [1.54, 1.807) is 6.07 Å². The molecule has 1 heterocycles. The molecule has 0 aliphatic heterocycles. The van der Waals surface area contributed by atoms with Gasteiger partial charge in [0.25, 0.3) is 0 Å². The lowest BCUT2D eigenvalue weighted by atomic mass is 9.87. The first-order valence-corrected chi connectivity index (χ1v) is 9.79. The molecule has 3 rings (SSSR count). The zero-order chi connectivity index (χ0) is 21.0. The predicted octanol–water partition coefficient (Wildman–Crippen LogP) is 5.64. The Morgan fingerprint density at radius 3 is 2.62 bits per heavy atom. The summed E-state index contributed by atoms with van der Waals surface area (Å²) >= 11 is 0. The molecule has 0 bridgehead atoms. The fourth-order valence-electron chi connectivity index (χ4n) is 3.65. The summed E-state index contributed by atoms with van der Waals surface area (Å²) in [6.45, 7) is 2.61. The molecule has 6 heteroatoms. The monoisotopic (exact) mass is 402 g/mol. The highest BCUT2D eigenvalue weighted by Gasteiger charge is 2.32. The second-order valence-corrected chi connectivity index (χ2v) is 7.30. The number of halogens is 3. The SMILES string of the molecule is CCCCNC(=O)CC(c1cccc(C(F)(F)F)c1)c1cn(C)c2ccccc12. The molecule has 1 aromatic heterocycles. The highest BCUT2D eigenvalue weighted by Crippen LogP contribution is 2.37. The maximum atomic E-state index is 13.3. The van der Waals surface area contributed by atoms with E-state index in [-0.39, 0.29) is 12.3 Å². The molecule has 29 heavy (non-hydrogen) atoms. The molecule has 1 unspecified atom stereocenters. The number of carbonyl (C=O) groups excluding carboxylic acids is 1. The van der Waals surface area contributed by atoms with Crippen LogP contribution < -0.4 is 5.32 Å². The van der Waals surface area contributed by atoms with Crippen LogP contribution in [0.2, 0.25) is 0 Å². The molecule has 0 radical (unpaired) electrons. The minimum atomic E-state index is -4.43. The number of nitrogens with zero attached hydrogens (tertiary/aromatic N) is 1. The maximum absolute atomic E-state index is 13.3.